The maximum atomic E-state index is 11.8. The van der Waals surface area contributed by atoms with Crippen molar-refractivity contribution in [2.45, 2.75) is 38.6 Å². The lowest BCUT2D eigenvalue weighted by Gasteiger charge is -2.49. The molecule has 1 heterocycles. The highest BCUT2D eigenvalue weighted by Crippen LogP contribution is 2.57. The summed E-state index contributed by atoms with van der Waals surface area (Å²) < 4.78 is 4.87. The van der Waals surface area contributed by atoms with Gasteiger partial charge in [0.2, 0.25) is 0 Å². The summed E-state index contributed by atoms with van der Waals surface area (Å²) in [4.78, 5) is 13.7. The summed E-state index contributed by atoms with van der Waals surface area (Å²) >= 11 is 0. The molecule has 3 atom stereocenters. The van der Waals surface area contributed by atoms with Crippen LogP contribution >= 0.6 is 0 Å². The van der Waals surface area contributed by atoms with Crippen molar-refractivity contribution >= 4 is 6.09 Å². The molecule has 0 N–H and O–H groups in total. The largest absolute Gasteiger partial charge is 0.453 e. The Bertz CT molecular complexity index is 411. The summed E-state index contributed by atoms with van der Waals surface area (Å²) in [6, 6.07) is 0.174. The highest BCUT2D eigenvalue weighted by atomic mass is 16.5. The molecule has 0 bridgehead atoms. The minimum atomic E-state index is -0.293. The lowest BCUT2D eigenvalue weighted by Crippen LogP contribution is -2.51. The molecule has 2 rings (SSSR count). The summed E-state index contributed by atoms with van der Waals surface area (Å²) in [7, 11) is 1.43. The van der Waals surface area contributed by atoms with Gasteiger partial charge >= 0.3 is 6.09 Å². The first kappa shape index (κ1) is 13.0. The van der Waals surface area contributed by atoms with E-state index in [4.69, 9.17) is 11.2 Å². The van der Waals surface area contributed by atoms with E-state index in [2.05, 4.69) is 19.4 Å². The van der Waals surface area contributed by atoms with Crippen LogP contribution < -0.4 is 0 Å². The van der Waals surface area contributed by atoms with Crippen LogP contribution in [0.4, 0.5) is 4.79 Å². The minimum Gasteiger partial charge on any atom is -0.453 e. The van der Waals surface area contributed by atoms with Crippen LogP contribution in [-0.2, 0) is 4.74 Å². The van der Waals surface area contributed by atoms with Crippen molar-refractivity contribution < 1.29 is 9.53 Å². The number of hydrogen-bond donors (Lipinski definition) is 0. The Hall–Kier alpha value is -1.43. The van der Waals surface area contributed by atoms with Crippen molar-refractivity contribution in [3.63, 3.8) is 0 Å². The van der Waals surface area contributed by atoms with E-state index < -0.39 is 0 Å². The number of hydrogen-bond acceptors (Lipinski definition) is 2. The monoisotopic (exact) mass is 247 g/mol. The SMILES string of the molecule is C#CC1(C=C)CCCC2N(C(=O)OC)CCC21C. The number of carbonyl (C=O) groups excluding carboxylic acids is 1. The van der Waals surface area contributed by atoms with Gasteiger partial charge in [0.15, 0.2) is 0 Å². The fourth-order valence-electron chi connectivity index (χ4n) is 3.84. The lowest BCUT2D eigenvalue weighted by molar-refractivity contribution is 0.0375. The van der Waals surface area contributed by atoms with Crippen LogP contribution in [0.1, 0.15) is 32.6 Å². The molecule has 1 amide bonds. The van der Waals surface area contributed by atoms with Gasteiger partial charge in [-0.1, -0.05) is 18.9 Å². The molecule has 3 nitrogen and oxygen atoms in total. The molecule has 1 aliphatic carbocycles. The van der Waals surface area contributed by atoms with Crippen molar-refractivity contribution in [2.24, 2.45) is 10.8 Å². The van der Waals surface area contributed by atoms with Gasteiger partial charge in [-0.3, -0.25) is 0 Å². The molecule has 1 saturated heterocycles. The van der Waals surface area contributed by atoms with Crippen LogP contribution in [0.3, 0.4) is 0 Å². The third kappa shape index (κ3) is 1.48. The molecule has 3 unspecified atom stereocenters. The average molecular weight is 247 g/mol. The Balaban J connectivity index is 2.38. The normalized spacial score (nSPS) is 38.7. The number of ether oxygens (including phenoxy) is 1. The van der Waals surface area contributed by atoms with Crippen molar-refractivity contribution in [1.82, 2.24) is 4.90 Å². The summed E-state index contributed by atoms with van der Waals surface area (Å²) in [6.07, 6.45) is 11.4. The first-order valence-corrected chi connectivity index (χ1v) is 6.50. The molecular formula is C15H21NO2. The molecule has 0 radical (unpaired) electrons. The van der Waals surface area contributed by atoms with Gasteiger partial charge in [0.05, 0.1) is 12.5 Å². The predicted octanol–water partition coefficient (Wildman–Crippen LogP) is 2.82. The van der Waals surface area contributed by atoms with Gasteiger partial charge in [-0.25, -0.2) is 4.79 Å². The standard InChI is InChI=1S/C15H21NO2/c1-5-15(6-2)9-7-8-12-14(15,3)10-11-16(12)13(17)18-4/h1,6,12H,2,7-11H2,3-4H3. The third-order valence-corrected chi connectivity index (χ3v) is 5.07. The minimum absolute atomic E-state index is 0.0735. The van der Waals surface area contributed by atoms with Gasteiger partial charge in [0.25, 0.3) is 0 Å². The molecule has 1 saturated carbocycles. The Morgan fingerprint density at radius 1 is 1.61 bits per heavy atom. The predicted molar refractivity (Wildman–Crippen MR) is 70.9 cm³/mol. The van der Waals surface area contributed by atoms with Crippen molar-refractivity contribution in [3.05, 3.63) is 12.7 Å². The van der Waals surface area contributed by atoms with Gasteiger partial charge in [-0.2, -0.15) is 0 Å². The van der Waals surface area contributed by atoms with E-state index in [1.807, 2.05) is 11.0 Å². The number of methoxy groups -OCH3 is 1. The van der Waals surface area contributed by atoms with E-state index in [-0.39, 0.29) is 23.0 Å². The zero-order chi connectivity index (χ0) is 13.4. The number of carbonyl (C=O) groups is 1. The molecule has 1 aliphatic heterocycles. The van der Waals surface area contributed by atoms with Gasteiger partial charge in [0, 0.05) is 18.0 Å². The van der Waals surface area contributed by atoms with Gasteiger partial charge in [-0.15, -0.1) is 13.0 Å². The number of allylic oxidation sites excluding steroid dienone is 1. The Morgan fingerprint density at radius 2 is 2.33 bits per heavy atom. The number of amides is 1. The van der Waals surface area contributed by atoms with Crippen molar-refractivity contribution in [2.75, 3.05) is 13.7 Å². The van der Waals surface area contributed by atoms with Crippen molar-refractivity contribution in [1.29, 1.82) is 0 Å². The molecular weight excluding hydrogens is 226 g/mol. The molecule has 0 aromatic rings. The number of likely N-dealkylation sites (tertiary alicyclic amines) is 1. The van der Waals surface area contributed by atoms with Gasteiger partial charge in [-0.05, 0) is 25.7 Å². The Labute approximate surface area is 109 Å². The van der Waals surface area contributed by atoms with Crippen LogP contribution in [0.15, 0.2) is 12.7 Å². The second-order valence-corrected chi connectivity index (χ2v) is 5.56. The highest BCUT2D eigenvalue weighted by molar-refractivity contribution is 5.68. The van der Waals surface area contributed by atoms with Crippen LogP contribution in [0.25, 0.3) is 0 Å². The fraction of sp³-hybridized carbons (Fsp3) is 0.667. The molecule has 18 heavy (non-hydrogen) atoms. The highest BCUT2D eigenvalue weighted by Gasteiger charge is 2.58. The van der Waals surface area contributed by atoms with Gasteiger partial charge < -0.3 is 9.64 Å². The second-order valence-electron chi connectivity index (χ2n) is 5.56. The van der Waals surface area contributed by atoms with E-state index in [1.54, 1.807) is 0 Å². The quantitative estimate of drug-likeness (QED) is 0.527. The number of rotatable bonds is 1. The number of terminal acetylenes is 1. The fourth-order valence-corrected chi connectivity index (χ4v) is 3.84. The van der Waals surface area contributed by atoms with Crippen LogP contribution in [0.5, 0.6) is 0 Å². The molecule has 2 fully saturated rings. The molecule has 0 aromatic heterocycles. The molecule has 0 aromatic carbocycles. The lowest BCUT2D eigenvalue weighted by atomic mass is 9.55. The summed E-state index contributed by atoms with van der Waals surface area (Å²) in [6.45, 7) is 6.87. The Morgan fingerprint density at radius 3 is 2.89 bits per heavy atom. The second kappa shape index (κ2) is 4.35. The zero-order valence-corrected chi connectivity index (χ0v) is 11.2. The van der Waals surface area contributed by atoms with E-state index in [1.165, 1.54) is 7.11 Å². The molecule has 3 heteroatoms. The van der Waals surface area contributed by atoms with Crippen LogP contribution in [0.2, 0.25) is 0 Å². The number of fused-ring (bicyclic) bond motifs is 1. The topological polar surface area (TPSA) is 29.5 Å². The molecule has 2 aliphatic rings. The van der Waals surface area contributed by atoms with Gasteiger partial charge in [0.1, 0.15) is 0 Å². The van der Waals surface area contributed by atoms with E-state index in [0.29, 0.717) is 0 Å². The maximum absolute atomic E-state index is 11.8. The summed E-state index contributed by atoms with van der Waals surface area (Å²) in [5.74, 6) is 2.96. The number of nitrogens with zero attached hydrogens (tertiary/aromatic N) is 1. The molecule has 98 valence electrons. The van der Waals surface area contributed by atoms with Crippen LogP contribution in [-0.4, -0.2) is 30.7 Å². The summed E-state index contributed by atoms with van der Waals surface area (Å²) in [5, 5.41) is 0. The van der Waals surface area contributed by atoms with Crippen LogP contribution in [0, 0.1) is 23.2 Å². The van der Waals surface area contributed by atoms with E-state index >= 15 is 0 Å². The molecule has 0 spiro atoms. The Kier molecular flexibility index (Phi) is 3.14. The first-order chi connectivity index (χ1) is 8.54. The van der Waals surface area contributed by atoms with E-state index in [0.717, 1.165) is 32.2 Å². The first-order valence-electron chi connectivity index (χ1n) is 6.50. The van der Waals surface area contributed by atoms with Crippen molar-refractivity contribution in [3.8, 4) is 12.3 Å². The zero-order valence-electron chi connectivity index (χ0n) is 11.2. The maximum Gasteiger partial charge on any atom is 0.409 e. The summed E-state index contributed by atoms with van der Waals surface area (Å²) in [5.41, 5.74) is -0.366. The van der Waals surface area contributed by atoms with E-state index in [9.17, 15) is 4.79 Å². The average Bonchev–Trinajstić information content (AvgIpc) is 2.75. The smallest absolute Gasteiger partial charge is 0.409 e. The third-order valence-electron chi connectivity index (χ3n) is 5.07.